The first-order valence-electron chi connectivity index (χ1n) is 12.9. The summed E-state index contributed by atoms with van der Waals surface area (Å²) in [6.45, 7) is 3.23. The Bertz CT molecular complexity index is 1660. The van der Waals surface area contributed by atoms with Crippen LogP contribution in [0.2, 0.25) is 5.02 Å². The number of morpholine rings is 1. The SMILES string of the molecule is Cn1cncc1C1(N2CCOCC2)c2ccc(Cl)c(c2)COc2cccc(c2)-c2nccc3ccc1cc23. The highest BCUT2D eigenvalue weighted by Crippen LogP contribution is 2.45. The molecule has 6 bridgehead atoms. The van der Waals surface area contributed by atoms with Crippen LogP contribution in [0.4, 0.5) is 0 Å². The van der Waals surface area contributed by atoms with E-state index in [2.05, 4.69) is 70.0 Å². The molecule has 190 valence electrons. The lowest BCUT2D eigenvalue weighted by Gasteiger charge is -2.47. The molecule has 2 aliphatic rings. The molecule has 0 saturated carbocycles. The Kier molecular flexibility index (Phi) is 5.69. The molecule has 1 fully saturated rings. The highest BCUT2D eigenvalue weighted by atomic mass is 35.5. The zero-order valence-corrected chi connectivity index (χ0v) is 21.9. The summed E-state index contributed by atoms with van der Waals surface area (Å²) >= 11 is 6.76. The van der Waals surface area contributed by atoms with E-state index in [1.807, 2.05) is 36.9 Å². The fourth-order valence-electron chi connectivity index (χ4n) is 6.02. The predicted octanol–water partition coefficient (Wildman–Crippen LogP) is 5.81. The minimum Gasteiger partial charge on any atom is -0.489 e. The van der Waals surface area contributed by atoms with Crippen molar-refractivity contribution in [1.82, 2.24) is 19.4 Å². The van der Waals surface area contributed by atoms with Crippen LogP contribution < -0.4 is 4.74 Å². The van der Waals surface area contributed by atoms with Crippen molar-refractivity contribution >= 4 is 22.4 Å². The van der Waals surface area contributed by atoms with E-state index < -0.39 is 5.54 Å². The fourth-order valence-corrected chi connectivity index (χ4v) is 6.19. The molecule has 4 heterocycles. The molecule has 0 N–H and O–H groups in total. The van der Waals surface area contributed by atoms with Crippen LogP contribution in [0.3, 0.4) is 0 Å². The van der Waals surface area contributed by atoms with Gasteiger partial charge in [0.05, 0.1) is 37.1 Å². The summed E-state index contributed by atoms with van der Waals surface area (Å²) in [6, 6.07) is 23.3. The fraction of sp³-hybridized carbons (Fsp3) is 0.226. The van der Waals surface area contributed by atoms with E-state index in [1.165, 1.54) is 0 Å². The van der Waals surface area contributed by atoms with Gasteiger partial charge in [0.2, 0.25) is 0 Å². The quantitative estimate of drug-likeness (QED) is 0.293. The van der Waals surface area contributed by atoms with Crippen LogP contribution >= 0.6 is 11.6 Å². The number of hydrogen-bond acceptors (Lipinski definition) is 5. The summed E-state index contributed by atoms with van der Waals surface area (Å²) in [5, 5.41) is 2.91. The van der Waals surface area contributed by atoms with Crippen molar-refractivity contribution in [2.45, 2.75) is 12.1 Å². The number of halogens is 1. The van der Waals surface area contributed by atoms with Crippen molar-refractivity contribution in [3.63, 3.8) is 0 Å². The van der Waals surface area contributed by atoms with E-state index in [4.69, 9.17) is 26.1 Å². The number of hydrogen-bond donors (Lipinski definition) is 0. The van der Waals surface area contributed by atoms with Gasteiger partial charge >= 0.3 is 0 Å². The minimum absolute atomic E-state index is 0.357. The number of rotatable bonds is 2. The maximum atomic E-state index is 6.76. The zero-order valence-electron chi connectivity index (χ0n) is 21.1. The van der Waals surface area contributed by atoms with Crippen molar-refractivity contribution in [3.05, 3.63) is 113 Å². The van der Waals surface area contributed by atoms with E-state index >= 15 is 0 Å². The molecule has 1 saturated heterocycles. The lowest BCUT2D eigenvalue weighted by Crippen LogP contribution is -2.53. The third-order valence-corrected chi connectivity index (χ3v) is 8.19. The van der Waals surface area contributed by atoms with Crippen molar-refractivity contribution in [2.24, 2.45) is 7.05 Å². The highest BCUT2D eigenvalue weighted by molar-refractivity contribution is 6.31. The standard InChI is InChI=1S/C31H27ClN4O2/c1-35-20-33-18-29(35)31(36-11-13-37-14-12-36)24-7-8-28(32)23(15-24)19-38-26-4-2-3-22(16-26)30-27-17-25(31)6-5-21(27)9-10-34-30/h2-10,15-18,20H,11-14,19H2,1H3. The summed E-state index contributed by atoms with van der Waals surface area (Å²) in [5.41, 5.74) is 5.58. The first-order valence-corrected chi connectivity index (χ1v) is 13.2. The second-order valence-electron chi connectivity index (χ2n) is 9.92. The van der Waals surface area contributed by atoms with Crippen molar-refractivity contribution in [2.75, 3.05) is 26.3 Å². The van der Waals surface area contributed by atoms with Crippen LogP contribution in [0.15, 0.2) is 85.5 Å². The molecule has 2 aliphatic heterocycles. The van der Waals surface area contributed by atoms with Crippen LogP contribution in [0.1, 0.15) is 22.4 Å². The van der Waals surface area contributed by atoms with Crippen LogP contribution in [0, 0.1) is 0 Å². The monoisotopic (exact) mass is 522 g/mol. The van der Waals surface area contributed by atoms with E-state index in [0.29, 0.717) is 24.8 Å². The van der Waals surface area contributed by atoms with Crippen molar-refractivity contribution < 1.29 is 9.47 Å². The number of pyridine rings is 1. The van der Waals surface area contributed by atoms with Crippen molar-refractivity contribution in [1.29, 1.82) is 0 Å². The molecule has 1 atom stereocenters. The molecule has 5 aromatic rings. The Morgan fingerprint density at radius 2 is 1.79 bits per heavy atom. The molecule has 7 rings (SSSR count). The zero-order chi connectivity index (χ0) is 25.7. The Balaban J connectivity index is 1.62. The van der Waals surface area contributed by atoms with Gasteiger partial charge in [0, 0.05) is 47.9 Å². The second-order valence-corrected chi connectivity index (χ2v) is 10.3. The first kappa shape index (κ1) is 23.4. The molecule has 0 amide bonds. The van der Waals surface area contributed by atoms with Crippen LogP contribution in [-0.4, -0.2) is 45.7 Å². The van der Waals surface area contributed by atoms with Crippen LogP contribution in [0.25, 0.3) is 22.0 Å². The summed E-state index contributed by atoms with van der Waals surface area (Å²) in [5.74, 6) is 0.782. The van der Waals surface area contributed by atoms with Gasteiger partial charge in [-0.25, -0.2) is 4.98 Å². The molecule has 1 unspecified atom stereocenters. The van der Waals surface area contributed by atoms with Gasteiger partial charge in [-0.2, -0.15) is 0 Å². The first-order chi connectivity index (χ1) is 18.6. The number of imidazole rings is 1. The normalized spacial score (nSPS) is 19.4. The second kappa shape index (κ2) is 9.24. The Hall–Kier alpha value is -3.71. The summed E-state index contributed by atoms with van der Waals surface area (Å²) in [7, 11) is 2.06. The van der Waals surface area contributed by atoms with Gasteiger partial charge in [-0.05, 0) is 52.9 Å². The Morgan fingerprint density at radius 3 is 2.63 bits per heavy atom. The van der Waals surface area contributed by atoms with E-state index in [9.17, 15) is 0 Å². The molecule has 0 spiro atoms. The number of benzene rings is 3. The van der Waals surface area contributed by atoms with Crippen molar-refractivity contribution in [3.8, 4) is 17.0 Å². The number of ether oxygens (including phenoxy) is 2. The summed E-state index contributed by atoms with van der Waals surface area (Å²) in [6.07, 6.45) is 5.73. The average molecular weight is 523 g/mol. The van der Waals surface area contributed by atoms with Gasteiger partial charge < -0.3 is 14.0 Å². The largest absolute Gasteiger partial charge is 0.489 e. The lowest BCUT2D eigenvalue weighted by atomic mass is 9.77. The Morgan fingerprint density at radius 1 is 0.947 bits per heavy atom. The topological polar surface area (TPSA) is 52.4 Å². The van der Waals surface area contributed by atoms with Gasteiger partial charge in [-0.1, -0.05) is 41.9 Å². The van der Waals surface area contributed by atoms with Crippen LogP contribution in [-0.2, 0) is 23.9 Å². The number of aryl methyl sites for hydroxylation is 1. The molecule has 0 radical (unpaired) electrons. The number of fused-ring (bicyclic) bond motifs is 6. The molecule has 7 heteroatoms. The molecule has 38 heavy (non-hydrogen) atoms. The molecule has 6 nitrogen and oxygen atoms in total. The molecule has 2 aromatic heterocycles. The van der Waals surface area contributed by atoms with E-state index in [1.54, 1.807) is 0 Å². The van der Waals surface area contributed by atoms with E-state index in [-0.39, 0.29) is 0 Å². The number of nitrogens with zero attached hydrogens (tertiary/aromatic N) is 4. The summed E-state index contributed by atoms with van der Waals surface area (Å²) in [4.78, 5) is 11.9. The maximum Gasteiger partial charge on any atom is 0.120 e. The highest BCUT2D eigenvalue weighted by Gasteiger charge is 2.45. The predicted molar refractivity (Wildman–Crippen MR) is 148 cm³/mol. The minimum atomic E-state index is -0.637. The van der Waals surface area contributed by atoms with Gasteiger partial charge in [0.1, 0.15) is 17.9 Å². The molecular formula is C31H27ClN4O2. The third kappa shape index (κ3) is 3.63. The van der Waals surface area contributed by atoms with E-state index in [0.717, 1.165) is 63.3 Å². The Labute approximate surface area is 226 Å². The average Bonchev–Trinajstić information content (AvgIpc) is 3.39. The van der Waals surface area contributed by atoms with Gasteiger partial charge in [0.15, 0.2) is 0 Å². The third-order valence-electron chi connectivity index (χ3n) is 7.82. The maximum absolute atomic E-state index is 6.76. The number of aromatic nitrogens is 3. The molecule has 0 aliphatic carbocycles. The van der Waals surface area contributed by atoms with Gasteiger partial charge in [0.25, 0.3) is 0 Å². The lowest BCUT2D eigenvalue weighted by molar-refractivity contribution is 0.000401. The smallest absolute Gasteiger partial charge is 0.120 e. The molecule has 3 aromatic carbocycles. The summed E-state index contributed by atoms with van der Waals surface area (Å²) < 4.78 is 14.2. The van der Waals surface area contributed by atoms with Crippen LogP contribution in [0.5, 0.6) is 5.75 Å². The van der Waals surface area contributed by atoms with Gasteiger partial charge in [-0.3, -0.25) is 9.88 Å². The molecular weight excluding hydrogens is 496 g/mol. The van der Waals surface area contributed by atoms with Gasteiger partial charge in [-0.15, -0.1) is 0 Å².